The number of furan rings is 1. The fourth-order valence-corrected chi connectivity index (χ4v) is 5.11. The van der Waals surface area contributed by atoms with Crippen LogP contribution in [0.25, 0.3) is 11.0 Å². The van der Waals surface area contributed by atoms with Crippen LogP contribution >= 0.6 is 31.9 Å². The first kappa shape index (κ1) is 22.6. The number of halogens is 2. The monoisotopic (exact) mass is 566 g/mol. The van der Waals surface area contributed by atoms with Crippen LogP contribution < -0.4 is 5.32 Å². The van der Waals surface area contributed by atoms with Gasteiger partial charge in [0.15, 0.2) is 17.3 Å². The van der Waals surface area contributed by atoms with E-state index in [1.165, 1.54) is 18.9 Å². The van der Waals surface area contributed by atoms with E-state index in [1.54, 1.807) is 18.2 Å². The van der Waals surface area contributed by atoms with Crippen molar-refractivity contribution >= 4 is 54.5 Å². The molecule has 10 heteroatoms. The molecule has 1 saturated heterocycles. The molecule has 0 bridgehead atoms. The second kappa shape index (κ2) is 9.13. The Morgan fingerprint density at radius 1 is 1.00 bits per heavy atom. The first-order valence-electron chi connectivity index (χ1n) is 9.98. The average Bonchev–Trinajstić information content (AvgIpc) is 3.45. The van der Waals surface area contributed by atoms with Crippen molar-refractivity contribution in [1.29, 1.82) is 0 Å². The van der Waals surface area contributed by atoms with Crippen molar-refractivity contribution in [3.8, 4) is 17.2 Å². The Labute approximate surface area is 200 Å². The molecule has 0 aliphatic carbocycles. The maximum atomic E-state index is 13.0. The zero-order chi connectivity index (χ0) is 23.0. The highest BCUT2D eigenvalue weighted by atomic mass is 79.9. The molecule has 3 aromatic rings. The summed E-state index contributed by atoms with van der Waals surface area (Å²) in [7, 11) is 0. The number of ketones is 1. The van der Waals surface area contributed by atoms with Gasteiger partial charge in [0.25, 0.3) is 5.91 Å². The summed E-state index contributed by atoms with van der Waals surface area (Å²) in [6, 6.07) is 6.35. The molecule has 1 amide bonds. The highest BCUT2D eigenvalue weighted by molar-refractivity contribution is 9.11. The number of hydrogen-bond donors (Lipinski definition) is 4. The molecule has 0 spiro atoms. The van der Waals surface area contributed by atoms with Gasteiger partial charge in [0.2, 0.25) is 11.5 Å². The van der Waals surface area contributed by atoms with E-state index in [0.717, 1.165) is 19.6 Å². The molecule has 0 unspecified atom stereocenters. The van der Waals surface area contributed by atoms with Crippen molar-refractivity contribution in [1.82, 2.24) is 10.2 Å². The van der Waals surface area contributed by atoms with Crippen molar-refractivity contribution in [2.45, 2.75) is 12.8 Å². The third kappa shape index (κ3) is 4.22. The minimum atomic E-state index is -0.759. The fourth-order valence-electron chi connectivity index (χ4n) is 3.71. The van der Waals surface area contributed by atoms with Gasteiger partial charge in [-0.3, -0.25) is 9.59 Å². The zero-order valence-corrected chi connectivity index (χ0v) is 20.0. The minimum Gasteiger partial charge on any atom is -0.503 e. The Morgan fingerprint density at radius 3 is 2.31 bits per heavy atom. The zero-order valence-electron chi connectivity index (χ0n) is 16.8. The Hall–Kier alpha value is -2.56. The van der Waals surface area contributed by atoms with Crippen molar-refractivity contribution < 1.29 is 29.3 Å². The van der Waals surface area contributed by atoms with Crippen LogP contribution in [-0.4, -0.2) is 58.1 Å². The Bertz CT molecular complexity index is 1190. The van der Waals surface area contributed by atoms with E-state index in [9.17, 15) is 24.9 Å². The number of nitrogens with one attached hydrogen (secondary N) is 1. The lowest BCUT2D eigenvalue weighted by Crippen LogP contribution is -2.33. The SMILES string of the molecule is O=C(NCCN1CCCC1)c1ccc2oc(C(=O)c3c(Br)c(O)c(O)c(O)c3Br)cc2c1. The standard InChI is InChI=1S/C22H20Br2N2O6/c23-16-15(17(24)20(29)21(30)19(16)28)18(27)14-10-12-9-11(3-4-13(12)32-14)22(31)25-5-8-26-6-1-2-7-26/h3-4,9-10,28-30H,1-2,5-8H2,(H,25,31). The highest BCUT2D eigenvalue weighted by Crippen LogP contribution is 2.49. The van der Waals surface area contributed by atoms with Gasteiger partial charge in [-0.15, -0.1) is 0 Å². The van der Waals surface area contributed by atoms with E-state index in [1.807, 2.05) is 0 Å². The summed E-state index contributed by atoms with van der Waals surface area (Å²) in [5.74, 6) is -3.00. The number of phenols is 3. The molecule has 0 saturated carbocycles. The molecule has 2 heterocycles. The smallest absolute Gasteiger partial charge is 0.251 e. The molecular weight excluding hydrogens is 548 g/mol. The van der Waals surface area contributed by atoms with Crippen LogP contribution in [0.2, 0.25) is 0 Å². The lowest BCUT2D eigenvalue weighted by atomic mass is 10.1. The number of carbonyl (C=O) groups is 2. The van der Waals surface area contributed by atoms with Gasteiger partial charge in [-0.05, 0) is 82.1 Å². The molecule has 0 radical (unpaired) electrons. The summed E-state index contributed by atoms with van der Waals surface area (Å²) >= 11 is 6.13. The van der Waals surface area contributed by atoms with Gasteiger partial charge in [0.05, 0.1) is 14.5 Å². The third-order valence-corrected chi connectivity index (χ3v) is 6.99. The molecular formula is C22H20Br2N2O6. The molecule has 1 aliphatic rings. The molecule has 168 valence electrons. The van der Waals surface area contributed by atoms with Gasteiger partial charge in [0.1, 0.15) is 5.58 Å². The van der Waals surface area contributed by atoms with Gasteiger partial charge < -0.3 is 30.0 Å². The average molecular weight is 568 g/mol. The Kier molecular flexibility index (Phi) is 6.45. The summed E-state index contributed by atoms with van der Waals surface area (Å²) < 4.78 is 5.44. The molecule has 4 N–H and O–H groups in total. The molecule has 4 rings (SSSR count). The van der Waals surface area contributed by atoms with Crippen LogP contribution in [-0.2, 0) is 0 Å². The lowest BCUT2D eigenvalue weighted by Gasteiger charge is -2.14. The highest BCUT2D eigenvalue weighted by Gasteiger charge is 2.28. The number of hydrogen-bond acceptors (Lipinski definition) is 7. The number of carbonyl (C=O) groups excluding carboxylic acids is 2. The van der Waals surface area contributed by atoms with Crippen molar-refractivity contribution in [3.05, 3.63) is 50.1 Å². The third-order valence-electron chi connectivity index (χ3n) is 5.45. The van der Waals surface area contributed by atoms with Crippen molar-refractivity contribution in [2.75, 3.05) is 26.2 Å². The Morgan fingerprint density at radius 2 is 1.66 bits per heavy atom. The molecule has 0 atom stereocenters. The van der Waals surface area contributed by atoms with Gasteiger partial charge in [-0.25, -0.2) is 0 Å². The molecule has 8 nitrogen and oxygen atoms in total. The van der Waals surface area contributed by atoms with E-state index >= 15 is 0 Å². The Balaban J connectivity index is 1.55. The van der Waals surface area contributed by atoms with Crippen molar-refractivity contribution in [3.63, 3.8) is 0 Å². The van der Waals surface area contributed by atoms with E-state index in [2.05, 4.69) is 42.1 Å². The topological polar surface area (TPSA) is 123 Å². The van der Waals surface area contributed by atoms with E-state index < -0.39 is 23.0 Å². The summed E-state index contributed by atoms with van der Waals surface area (Å²) in [5.41, 5.74) is 0.735. The predicted molar refractivity (Wildman–Crippen MR) is 124 cm³/mol. The number of nitrogens with zero attached hydrogens (tertiary/aromatic N) is 1. The number of benzene rings is 2. The largest absolute Gasteiger partial charge is 0.503 e. The molecule has 1 aliphatic heterocycles. The second-order valence-electron chi connectivity index (χ2n) is 7.55. The van der Waals surface area contributed by atoms with Gasteiger partial charge in [-0.2, -0.15) is 0 Å². The van der Waals surface area contributed by atoms with E-state index in [-0.39, 0.29) is 26.2 Å². The van der Waals surface area contributed by atoms with Gasteiger partial charge in [-0.1, -0.05) is 0 Å². The maximum absolute atomic E-state index is 13.0. The van der Waals surface area contributed by atoms with E-state index in [0.29, 0.717) is 23.1 Å². The number of rotatable bonds is 6. The van der Waals surface area contributed by atoms with Crippen LogP contribution in [0.5, 0.6) is 17.2 Å². The van der Waals surface area contributed by atoms with Crippen LogP contribution in [0, 0.1) is 0 Å². The van der Waals surface area contributed by atoms with Crippen LogP contribution in [0.4, 0.5) is 0 Å². The summed E-state index contributed by atoms with van der Waals surface area (Å²) in [6.07, 6.45) is 2.39. The van der Waals surface area contributed by atoms with E-state index in [4.69, 9.17) is 4.42 Å². The molecule has 2 aromatic carbocycles. The second-order valence-corrected chi connectivity index (χ2v) is 9.13. The normalized spacial score (nSPS) is 14.2. The first-order chi connectivity index (χ1) is 15.3. The summed E-state index contributed by atoms with van der Waals surface area (Å²) in [5, 5.41) is 33.1. The van der Waals surface area contributed by atoms with Crippen molar-refractivity contribution in [2.24, 2.45) is 0 Å². The maximum Gasteiger partial charge on any atom is 0.251 e. The van der Waals surface area contributed by atoms with Crippen LogP contribution in [0.1, 0.15) is 39.3 Å². The molecule has 1 fully saturated rings. The lowest BCUT2D eigenvalue weighted by molar-refractivity contribution is 0.0949. The molecule has 1 aromatic heterocycles. The van der Waals surface area contributed by atoms with Crippen LogP contribution in [0.3, 0.4) is 0 Å². The molecule has 32 heavy (non-hydrogen) atoms. The summed E-state index contributed by atoms with van der Waals surface area (Å²) in [6.45, 7) is 3.50. The quantitative estimate of drug-likeness (QED) is 0.261. The number of phenolic OH excluding ortho intramolecular Hbond substituents is 3. The predicted octanol–water partition coefficient (Wildman–Crippen LogP) is 4.13. The number of fused-ring (bicyclic) bond motifs is 1. The van der Waals surface area contributed by atoms with Gasteiger partial charge in [0, 0.05) is 24.0 Å². The number of amides is 1. The minimum absolute atomic E-state index is 0.0579. The van der Waals surface area contributed by atoms with Crippen LogP contribution in [0.15, 0.2) is 37.6 Å². The summed E-state index contributed by atoms with van der Waals surface area (Å²) in [4.78, 5) is 27.8. The first-order valence-corrected chi connectivity index (χ1v) is 11.6. The number of likely N-dealkylation sites (tertiary alicyclic amines) is 1. The fraction of sp³-hybridized carbons (Fsp3) is 0.273. The number of aromatic hydroxyl groups is 3. The van der Waals surface area contributed by atoms with Gasteiger partial charge >= 0.3 is 0 Å².